The molecule has 3 aromatic rings. The number of hydrogen-bond donors (Lipinski definition) is 0. The fourth-order valence-electron chi connectivity index (χ4n) is 6.03. The van der Waals surface area contributed by atoms with Crippen molar-refractivity contribution in [1.82, 2.24) is 0 Å². The van der Waals surface area contributed by atoms with Gasteiger partial charge in [-0.2, -0.15) is 5.26 Å². The molecule has 2 aliphatic rings. The first kappa shape index (κ1) is 29.5. The van der Waals surface area contributed by atoms with E-state index in [0.29, 0.717) is 36.7 Å². The second-order valence-corrected chi connectivity index (χ2v) is 13.3. The Morgan fingerprint density at radius 1 is 1.05 bits per heavy atom. The third kappa shape index (κ3) is 6.24. The molecule has 8 nitrogen and oxygen atoms in total. The summed E-state index contributed by atoms with van der Waals surface area (Å²) in [6, 6.07) is 15.9. The molecular weight excluding hydrogens is 554 g/mol. The normalized spacial score (nSPS) is 17.1. The molecule has 0 N–H and O–H groups in total. The van der Waals surface area contributed by atoms with Gasteiger partial charge in [-0.1, -0.05) is 12.1 Å². The topological polar surface area (TPSA) is 112 Å². The van der Waals surface area contributed by atoms with E-state index in [1.165, 1.54) is 13.4 Å². The highest BCUT2D eigenvalue weighted by Crippen LogP contribution is 2.45. The average Bonchev–Trinajstić information content (AvgIpc) is 3.54. The van der Waals surface area contributed by atoms with Crippen molar-refractivity contribution < 1.29 is 32.2 Å². The molecule has 1 aliphatic heterocycles. The van der Waals surface area contributed by atoms with Crippen LogP contribution in [0.4, 0.5) is 0 Å². The number of ether oxygens (including phenoxy) is 4. The van der Waals surface area contributed by atoms with Crippen molar-refractivity contribution in [2.75, 3.05) is 32.3 Å². The number of hydrogen-bond acceptors (Lipinski definition) is 8. The van der Waals surface area contributed by atoms with E-state index in [0.717, 1.165) is 57.5 Å². The van der Waals surface area contributed by atoms with Gasteiger partial charge in [-0.3, -0.25) is 4.79 Å². The number of fused-ring (bicyclic) bond motifs is 2. The van der Waals surface area contributed by atoms with Crippen LogP contribution in [-0.2, 0) is 25.8 Å². The third-order valence-electron chi connectivity index (χ3n) is 7.94. The number of sulfone groups is 1. The summed E-state index contributed by atoms with van der Waals surface area (Å²) in [6.07, 6.45) is 3.31. The minimum absolute atomic E-state index is 0.0311. The van der Waals surface area contributed by atoms with Crippen molar-refractivity contribution in [1.29, 1.82) is 5.26 Å². The number of carbonyl (C=O) groups is 1. The van der Waals surface area contributed by atoms with E-state index in [4.69, 9.17) is 18.9 Å². The van der Waals surface area contributed by atoms with Gasteiger partial charge in [0.25, 0.3) is 0 Å². The van der Waals surface area contributed by atoms with Crippen LogP contribution in [0.2, 0.25) is 0 Å². The SMILES string of the molecule is COC(=O)C[C@@H]1COc2cc(O[C@@H]3CCc4c3ccc(C#N)c4-c3c(C)cc(OCCCS(C)(=O)=O)cc3C)ccc21. The first-order valence-electron chi connectivity index (χ1n) is 14.1. The Bertz CT molecular complexity index is 1650. The Labute approximate surface area is 247 Å². The molecule has 0 saturated carbocycles. The monoisotopic (exact) mass is 589 g/mol. The molecule has 0 aromatic heterocycles. The summed E-state index contributed by atoms with van der Waals surface area (Å²) in [5, 5.41) is 10.0. The molecule has 1 heterocycles. The van der Waals surface area contributed by atoms with E-state index < -0.39 is 9.84 Å². The van der Waals surface area contributed by atoms with Crippen molar-refractivity contribution in [3.8, 4) is 34.4 Å². The molecule has 220 valence electrons. The number of nitrogens with zero attached hydrogens (tertiary/aromatic N) is 1. The number of benzene rings is 3. The van der Waals surface area contributed by atoms with Gasteiger partial charge in [0.2, 0.25) is 0 Å². The highest BCUT2D eigenvalue weighted by Gasteiger charge is 2.31. The highest BCUT2D eigenvalue weighted by atomic mass is 32.2. The predicted octanol–water partition coefficient (Wildman–Crippen LogP) is 5.76. The first-order valence-corrected chi connectivity index (χ1v) is 16.1. The summed E-state index contributed by atoms with van der Waals surface area (Å²) in [7, 11) is -1.64. The second kappa shape index (κ2) is 12.1. The number of nitriles is 1. The van der Waals surface area contributed by atoms with E-state index in [2.05, 4.69) is 6.07 Å². The van der Waals surface area contributed by atoms with Crippen LogP contribution in [0.25, 0.3) is 11.1 Å². The molecule has 42 heavy (non-hydrogen) atoms. The van der Waals surface area contributed by atoms with Gasteiger partial charge in [-0.15, -0.1) is 0 Å². The average molecular weight is 590 g/mol. The van der Waals surface area contributed by atoms with Crippen LogP contribution in [-0.4, -0.2) is 46.7 Å². The Morgan fingerprint density at radius 2 is 1.79 bits per heavy atom. The summed E-state index contributed by atoms with van der Waals surface area (Å²) in [5.41, 5.74) is 7.69. The van der Waals surface area contributed by atoms with Crippen molar-refractivity contribution in [3.05, 3.63) is 75.8 Å². The number of rotatable bonds is 10. The summed E-state index contributed by atoms with van der Waals surface area (Å²) in [4.78, 5) is 11.8. The van der Waals surface area contributed by atoms with Gasteiger partial charge < -0.3 is 18.9 Å². The molecule has 0 saturated heterocycles. The summed E-state index contributed by atoms with van der Waals surface area (Å²) < 4.78 is 45.9. The minimum atomic E-state index is -3.03. The van der Waals surface area contributed by atoms with E-state index in [1.807, 2.05) is 56.3 Å². The molecule has 3 aromatic carbocycles. The quantitative estimate of drug-likeness (QED) is 0.217. The van der Waals surface area contributed by atoms with Gasteiger partial charge in [0.05, 0.1) is 44.1 Å². The Hall–Kier alpha value is -4.03. The number of methoxy groups -OCH3 is 1. The molecule has 0 bridgehead atoms. The van der Waals surface area contributed by atoms with Crippen LogP contribution in [0.3, 0.4) is 0 Å². The molecule has 0 radical (unpaired) electrons. The Balaban J connectivity index is 1.38. The van der Waals surface area contributed by atoms with E-state index >= 15 is 0 Å². The van der Waals surface area contributed by atoms with Crippen molar-refractivity contribution >= 4 is 15.8 Å². The third-order valence-corrected chi connectivity index (χ3v) is 8.97. The maximum absolute atomic E-state index is 11.8. The van der Waals surface area contributed by atoms with E-state index in [1.54, 1.807) is 0 Å². The standard InChI is InChI=1S/C33H35NO7S/c1-20-14-25(39-12-5-13-42(4,36)37)15-21(2)32(20)33-22(18-34)6-8-27-28(33)10-11-29(27)41-24-7-9-26-23(16-31(35)38-3)19-40-30(26)17-24/h6-9,14-15,17,23,29H,5,10-13,16,19H2,1-4H3/t23-,29-/m1/s1. The lowest BCUT2D eigenvalue weighted by Gasteiger charge is -2.19. The Morgan fingerprint density at radius 3 is 2.48 bits per heavy atom. The number of carbonyl (C=O) groups excluding carboxylic acids is 1. The molecule has 5 rings (SSSR count). The molecule has 0 fully saturated rings. The van der Waals surface area contributed by atoms with Crippen molar-refractivity contribution in [3.63, 3.8) is 0 Å². The molecule has 0 unspecified atom stereocenters. The van der Waals surface area contributed by atoms with Crippen molar-refractivity contribution in [2.45, 2.75) is 51.6 Å². The summed E-state index contributed by atoms with van der Waals surface area (Å²) >= 11 is 0. The number of aryl methyl sites for hydroxylation is 2. The molecule has 2 atom stereocenters. The van der Waals surface area contributed by atoms with Crippen LogP contribution in [0.5, 0.6) is 17.2 Å². The van der Waals surface area contributed by atoms with E-state index in [9.17, 15) is 18.5 Å². The van der Waals surface area contributed by atoms with E-state index in [-0.39, 0.29) is 30.2 Å². The van der Waals surface area contributed by atoms with Crippen LogP contribution in [0, 0.1) is 25.2 Å². The van der Waals surface area contributed by atoms with Gasteiger partial charge in [-0.25, -0.2) is 8.42 Å². The predicted molar refractivity (Wildman–Crippen MR) is 159 cm³/mol. The molecule has 0 spiro atoms. The van der Waals surface area contributed by atoms with Gasteiger partial charge in [0.15, 0.2) is 0 Å². The zero-order chi connectivity index (χ0) is 30.0. The summed E-state index contributed by atoms with van der Waals surface area (Å²) in [5.74, 6) is 1.90. The van der Waals surface area contributed by atoms with Gasteiger partial charge >= 0.3 is 5.97 Å². The maximum Gasteiger partial charge on any atom is 0.306 e. The first-order chi connectivity index (χ1) is 20.1. The minimum Gasteiger partial charge on any atom is -0.494 e. The van der Waals surface area contributed by atoms with Crippen LogP contribution in [0.15, 0.2) is 42.5 Å². The number of esters is 1. The van der Waals surface area contributed by atoms with Gasteiger partial charge in [0.1, 0.15) is 33.2 Å². The van der Waals surface area contributed by atoms with Crippen LogP contribution in [0.1, 0.15) is 64.7 Å². The Kier molecular flexibility index (Phi) is 8.46. The zero-order valence-electron chi connectivity index (χ0n) is 24.4. The van der Waals surface area contributed by atoms with Crippen molar-refractivity contribution in [2.24, 2.45) is 0 Å². The fourth-order valence-corrected chi connectivity index (χ4v) is 6.67. The lowest BCUT2D eigenvalue weighted by atomic mass is 9.87. The van der Waals surface area contributed by atoms with Crippen LogP contribution >= 0.6 is 0 Å². The molecule has 1 aliphatic carbocycles. The molecule has 9 heteroatoms. The maximum atomic E-state index is 11.8. The second-order valence-electron chi connectivity index (χ2n) is 11.1. The largest absolute Gasteiger partial charge is 0.494 e. The van der Waals surface area contributed by atoms with Gasteiger partial charge in [-0.05, 0) is 85.2 Å². The fraction of sp³-hybridized carbons (Fsp3) is 0.394. The zero-order valence-corrected chi connectivity index (χ0v) is 25.2. The highest BCUT2D eigenvalue weighted by molar-refractivity contribution is 7.90. The summed E-state index contributed by atoms with van der Waals surface area (Å²) in [6.45, 7) is 4.76. The molecular formula is C33H35NO7S. The van der Waals surface area contributed by atoms with Gasteiger partial charge in [0, 0.05) is 29.4 Å². The molecule has 0 amide bonds. The smallest absolute Gasteiger partial charge is 0.306 e. The lowest BCUT2D eigenvalue weighted by Crippen LogP contribution is -2.09. The van der Waals surface area contributed by atoms with Crippen LogP contribution < -0.4 is 14.2 Å². The lowest BCUT2D eigenvalue weighted by molar-refractivity contribution is -0.141.